The summed E-state index contributed by atoms with van der Waals surface area (Å²) in [5, 5.41) is 18.6. The molecule has 1 N–H and O–H groups in total. The van der Waals surface area contributed by atoms with Gasteiger partial charge in [0, 0.05) is 18.5 Å². The second-order valence-electron chi connectivity index (χ2n) is 5.35. The maximum absolute atomic E-state index is 12.3. The van der Waals surface area contributed by atoms with E-state index in [2.05, 4.69) is 10.2 Å². The molecule has 1 heterocycles. The van der Waals surface area contributed by atoms with Crippen LogP contribution in [0.1, 0.15) is 10.4 Å². The lowest BCUT2D eigenvalue weighted by atomic mass is 10.2. The van der Waals surface area contributed by atoms with Gasteiger partial charge < -0.3 is 19.1 Å². The predicted molar refractivity (Wildman–Crippen MR) is 93.0 cm³/mol. The summed E-state index contributed by atoms with van der Waals surface area (Å²) in [5.41, 5.74) is 1.32. The third kappa shape index (κ3) is 3.03. The van der Waals surface area contributed by atoms with E-state index in [-0.39, 0.29) is 17.1 Å². The van der Waals surface area contributed by atoms with Gasteiger partial charge in [-0.05, 0) is 18.2 Å². The Morgan fingerprint density at radius 1 is 1.08 bits per heavy atom. The molecule has 128 valence electrons. The Balaban J connectivity index is 1.98. The van der Waals surface area contributed by atoms with E-state index in [0.29, 0.717) is 16.9 Å². The highest BCUT2D eigenvalue weighted by Crippen LogP contribution is 2.37. The van der Waals surface area contributed by atoms with Gasteiger partial charge in [-0.1, -0.05) is 18.2 Å². The maximum atomic E-state index is 12.3. The second-order valence-corrected chi connectivity index (χ2v) is 5.35. The Labute approximate surface area is 144 Å². The molecule has 0 atom stereocenters. The summed E-state index contributed by atoms with van der Waals surface area (Å²) in [6, 6.07) is 12.1. The number of nitrogens with zero attached hydrogens (tertiary/aromatic N) is 3. The summed E-state index contributed by atoms with van der Waals surface area (Å²) in [4.78, 5) is 12.3. The molecule has 25 heavy (non-hydrogen) atoms. The van der Waals surface area contributed by atoms with Gasteiger partial charge in [-0.25, -0.2) is 0 Å². The minimum atomic E-state index is -0.565. The van der Waals surface area contributed by atoms with Gasteiger partial charge in [0.05, 0.1) is 25.3 Å². The molecule has 1 aromatic heterocycles. The van der Waals surface area contributed by atoms with Gasteiger partial charge in [-0.3, -0.25) is 4.79 Å². The topological polar surface area (TPSA) is 85.4 Å². The van der Waals surface area contributed by atoms with Crippen LogP contribution in [0, 0.1) is 0 Å². The summed E-state index contributed by atoms with van der Waals surface area (Å²) < 4.78 is 11.9. The fourth-order valence-corrected chi connectivity index (χ4v) is 2.54. The van der Waals surface area contributed by atoms with Crippen LogP contribution < -0.4 is 9.47 Å². The van der Waals surface area contributed by atoms with Crippen molar-refractivity contribution in [2.45, 2.75) is 0 Å². The first-order chi connectivity index (χ1) is 12.0. The van der Waals surface area contributed by atoms with Crippen LogP contribution in [-0.4, -0.2) is 29.8 Å². The van der Waals surface area contributed by atoms with Crippen LogP contribution in [0.4, 0.5) is 5.69 Å². The normalized spacial score (nSPS) is 11.2. The molecular weight excluding hydrogens is 322 g/mol. The van der Waals surface area contributed by atoms with E-state index >= 15 is 0 Å². The zero-order chi connectivity index (χ0) is 18.0. The minimum Gasteiger partial charge on any atom is -0.497 e. The zero-order valence-electron chi connectivity index (χ0n) is 14.1. The van der Waals surface area contributed by atoms with Crippen molar-refractivity contribution >= 4 is 22.5 Å². The molecule has 0 radical (unpaired) electrons. The Morgan fingerprint density at radius 3 is 2.36 bits per heavy atom. The van der Waals surface area contributed by atoms with Crippen LogP contribution in [0.15, 0.2) is 52.7 Å². The summed E-state index contributed by atoms with van der Waals surface area (Å²) in [6.07, 6.45) is 0. The van der Waals surface area contributed by atoms with Gasteiger partial charge in [-0.2, -0.15) is 0 Å². The van der Waals surface area contributed by atoms with E-state index in [4.69, 9.17) is 9.47 Å². The number of para-hydroxylation sites is 1. The predicted octanol–water partition coefficient (Wildman–Crippen LogP) is 3.83. The van der Waals surface area contributed by atoms with E-state index in [9.17, 15) is 9.90 Å². The molecule has 3 rings (SSSR count). The highest BCUT2D eigenvalue weighted by atomic mass is 16.5. The number of aromatic nitrogens is 1. The molecular formula is C18H17N3O4. The number of azo groups is 1. The van der Waals surface area contributed by atoms with E-state index < -0.39 is 5.91 Å². The van der Waals surface area contributed by atoms with Crippen LogP contribution in [0.25, 0.3) is 10.9 Å². The zero-order valence-corrected chi connectivity index (χ0v) is 14.1. The quantitative estimate of drug-likeness (QED) is 0.732. The number of ether oxygens (including phenoxy) is 2. The second kappa shape index (κ2) is 6.64. The fourth-order valence-electron chi connectivity index (χ4n) is 2.54. The molecule has 1 amide bonds. The first-order valence-corrected chi connectivity index (χ1v) is 7.50. The van der Waals surface area contributed by atoms with Gasteiger partial charge in [0.1, 0.15) is 11.5 Å². The number of carbonyl (C=O) groups excluding carboxylic acids is 1. The van der Waals surface area contributed by atoms with Gasteiger partial charge in [0.25, 0.3) is 5.91 Å². The average molecular weight is 339 g/mol. The van der Waals surface area contributed by atoms with E-state index in [0.717, 1.165) is 5.52 Å². The Morgan fingerprint density at radius 2 is 1.72 bits per heavy atom. The lowest BCUT2D eigenvalue weighted by molar-refractivity contribution is 0.0994. The lowest BCUT2D eigenvalue weighted by Gasteiger charge is -2.05. The van der Waals surface area contributed by atoms with Gasteiger partial charge >= 0.3 is 0 Å². The number of benzene rings is 2. The number of fused-ring (bicyclic) bond motifs is 1. The Bertz CT molecular complexity index is 954. The monoisotopic (exact) mass is 339 g/mol. The highest BCUT2D eigenvalue weighted by Gasteiger charge is 2.15. The number of hydrogen-bond donors (Lipinski definition) is 1. The molecule has 7 heteroatoms. The molecule has 0 spiro atoms. The Hall–Kier alpha value is -3.35. The van der Waals surface area contributed by atoms with E-state index in [1.807, 2.05) is 24.3 Å². The van der Waals surface area contributed by atoms with Crippen LogP contribution in [0.5, 0.6) is 17.4 Å². The van der Waals surface area contributed by atoms with E-state index in [1.165, 1.54) is 14.2 Å². The van der Waals surface area contributed by atoms with Gasteiger partial charge in [-0.15, -0.1) is 10.2 Å². The summed E-state index contributed by atoms with van der Waals surface area (Å²) in [7, 11) is 4.71. The molecule has 0 aliphatic carbocycles. The summed E-state index contributed by atoms with van der Waals surface area (Å²) in [6.45, 7) is 0. The van der Waals surface area contributed by atoms with Gasteiger partial charge in [0.2, 0.25) is 5.88 Å². The highest BCUT2D eigenvalue weighted by molar-refractivity contribution is 5.97. The summed E-state index contributed by atoms with van der Waals surface area (Å²) in [5.74, 6) is 0.335. The maximum Gasteiger partial charge on any atom is 0.295 e. The molecule has 2 aromatic carbocycles. The number of hydrogen-bond acceptors (Lipinski definition) is 5. The van der Waals surface area contributed by atoms with Crippen molar-refractivity contribution in [2.24, 2.45) is 17.3 Å². The number of aromatic hydroxyl groups is 1. The standard InChI is InChI=1S/C18H17N3O4/c1-21-15-7-5-4-6-14(15)16(18(21)23)19-20-17(22)11-8-12(24-2)10-13(9-11)25-3/h4-10,23H,1-3H3. The third-order valence-corrected chi connectivity index (χ3v) is 3.89. The van der Waals surface area contributed by atoms with Crippen LogP contribution >= 0.6 is 0 Å². The molecule has 0 saturated carbocycles. The van der Waals surface area contributed by atoms with Gasteiger partial charge in [0.15, 0.2) is 5.69 Å². The third-order valence-electron chi connectivity index (χ3n) is 3.89. The molecule has 0 saturated heterocycles. The van der Waals surface area contributed by atoms with Crippen molar-refractivity contribution in [2.75, 3.05) is 14.2 Å². The SMILES string of the molecule is COc1cc(OC)cc(C(=O)N=Nc2c(O)n(C)c3ccccc23)c1. The van der Waals surface area contributed by atoms with Crippen molar-refractivity contribution in [3.63, 3.8) is 0 Å². The molecule has 0 bridgehead atoms. The molecule has 0 fully saturated rings. The van der Waals surface area contributed by atoms with Crippen molar-refractivity contribution in [1.29, 1.82) is 0 Å². The number of amides is 1. The minimum absolute atomic E-state index is 0.0547. The smallest absolute Gasteiger partial charge is 0.295 e. The van der Waals surface area contributed by atoms with Crippen molar-refractivity contribution in [3.8, 4) is 17.4 Å². The number of rotatable bonds is 4. The first-order valence-electron chi connectivity index (χ1n) is 7.50. The van der Waals surface area contributed by atoms with Crippen molar-refractivity contribution in [3.05, 3.63) is 48.0 Å². The molecule has 3 aromatic rings. The molecule has 0 unspecified atom stereocenters. The Kier molecular flexibility index (Phi) is 4.38. The largest absolute Gasteiger partial charge is 0.497 e. The van der Waals surface area contributed by atoms with Crippen molar-refractivity contribution in [1.82, 2.24) is 4.57 Å². The molecule has 7 nitrogen and oxygen atoms in total. The lowest BCUT2D eigenvalue weighted by Crippen LogP contribution is -1.96. The summed E-state index contributed by atoms with van der Waals surface area (Å²) >= 11 is 0. The average Bonchev–Trinajstić information content (AvgIpc) is 2.90. The van der Waals surface area contributed by atoms with Crippen LogP contribution in [-0.2, 0) is 7.05 Å². The molecule has 0 aliphatic heterocycles. The number of methoxy groups -OCH3 is 2. The van der Waals surface area contributed by atoms with Crippen LogP contribution in [0.3, 0.4) is 0 Å². The van der Waals surface area contributed by atoms with Crippen molar-refractivity contribution < 1.29 is 19.4 Å². The fraction of sp³-hybridized carbons (Fsp3) is 0.167. The number of carbonyl (C=O) groups is 1. The van der Waals surface area contributed by atoms with E-state index in [1.54, 1.807) is 29.8 Å². The van der Waals surface area contributed by atoms with Crippen LogP contribution in [0.2, 0.25) is 0 Å². The molecule has 0 aliphatic rings. The number of aryl methyl sites for hydroxylation is 1. The first kappa shape index (κ1) is 16.5.